The zero-order valence-electron chi connectivity index (χ0n) is 11.8. The molecule has 6 nitrogen and oxygen atoms in total. The number of nitrogens with zero attached hydrogens (tertiary/aromatic N) is 4. The Morgan fingerprint density at radius 1 is 1.20 bits per heavy atom. The zero-order chi connectivity index (χ0) is 13.9. The van der Waals surface area contributed by atoms with Gasteiger partial charge in [0.25, 0.3) is 0 Å². The van der Waals surface area contributed by atoms with Crippen LogP contribution in [-0.4, -0.2) is 27.3 Å². The first-order valence-corrected chi connectivity index (χ1v) is 6.89. The Hall–Kier alpha value is -2.11. The fourth-order valence-electron chi connectivity index (χ4n) is 2.46. The minimum atomic E-state index is 0.301. The van der Waals surface area contributed by atoms with Crippen LogP contribution in [0.5, 0.6) is 11.5 Å². The number of ether oxygens (including phenoxy) is 2. The van der Waals surface area contributed by atoms with Crippen LogP contribution in [0.4, 0.5) is 0 Å². The summed E-state index contributed by atoms with van der Waals surface area (Å²) in [7, 11) is 1.66. The minimum Gasteiger partial charge on any atom is -0.493 e. The molecule has 20 heavy (non-hydrogen) atoms. The van der Waals surface area contributed by atoms with Crippen LogP contribution in [0, 0.1) is 0 Å². The predicted molar refractivity (Wildman–Crippen MR) is 72.8 cm³/mol. The van der Waals surface area contributed by atoms with Crippen molar-refractivity contribution in [3.8, 4) is 11.5 Å². The van der Waals surface area contributed by atoms with Crippen molar-refractivity contribution in [3.05, 3.63) is 29.1 Å². The Morgan fingerprint density at radius 2 is 1.95 bits per heavy atom. The van der Waals surface area contributed by atoms with Gasteiger partial charge in [-0.05, 0) is 54.7 Å². The van der Waals surface area contributed by atoms with E-state index < -0.39 is 0 Å². The average molecular weight is 274 g/mol. The number of aromatic nitrogens is 4. The van der Waals surface area contributed by atoms with Crippen molar-refractivity contribution in [1.29, 1.82) is 0 Å². The second-order valence-electron chi connectivity index (χ2n) is 4.81. The lowest BCUT2D eigenvalue weighted by Crippen LogP contribution is -2.02. The summed E-state index contributed by atoms with van der Waals surface area (Å²) < 4.78 is 11.2. The van der Waals surface area contributed by atoms with Gasteiger partial charge in [-0.1, -0.05) is 0 Å². The number of aryl methyl sites for hydroxylation is 3. The molecule has 0 N–H and O–H groups in total. The highest BCUT2D eigenvalue weighted by Gasteiger charge is 2.16. The van der Waals surface area contributed by atoms with E-state index in [2.05, 4.69) is 27.5 Å². The molecular weight excluding hydrogens is 256 g/mol. The summed E-state index contributed by atoms with van der Waals surface area (Å²) in [6.45, 7) is 2.97. The molecule has 0 radical (unpaired) electrons. The second kappa shape index (κ2) is 5.48. The Kier molecular flexibility index (Phi) is 3.54. The van der Waals surface area contributed by atoms with Gasteiger partial charge in [0, 0.05) is 0 Å². The number of tetrazole rings is 1. The number of hydrogen-bond donors (Lipinski definition) is 0. The lowest BCUT2D eigenvalue weighted by Gasteiger charge is -2.11. The summed E-state index contributed by atoms with van der Waals surface area (Å²) in [6, 6.07) is 4.15. The lowest BCUT2D eigenvalue weighted by atomic mass is 10.1. The summed E-state index contributed by atoms with van der Waals surface area (Å²) >= 11 is 0. The van der Waals surface area contributed by atoms with Gasteiger partial charge in [0.15, 0.2) is 18.1 Å². The highest BCUT2D eigenvalue weighted by Crippen LogP contribution is 2.35. The topological polar surface area (TPSA) is 62.1 Å². The van der Waals surface area contributed by atoms with Gasteiger partial charge in [0.2, 0.25) is 5.82 Å². The van der Waals surface area contributed by atoms with Gasteiger partial charge < -0.3 is 9.47 Å². The molecule has 0 bridgehead atoms. The van der Waals surface area contributed by atoms with Crippen LogP contribution in [0.2, 0.25) is 0 Å². The largest absolute Gasteiger partial charge is 0.493 e. The molecule has 0 spiro atoms. The summed E-state index contributed by atoms with van der Waals surface area (Å²) in [5, 5.41) is 12.1. The van der Waals surface area contributed by atoms with Gasteiger partial charge in [-0.2, -0.15) is 4.80 Å². The molecular formula is C14H18N4O2. The first-order chi connectivity index (χ1) is 9.80. The predicted octanol–water partition coefficient (Wildman–Crippen LogP) is 1.77. The third-order valence-electron chi connectivity index (χ3n) is 3.51. The second-order valence-corrected chi connectivity index (χ2v) is 4.81. The highest BCUT2D eigenvalue weighted by molar-refractivity contribution is 5.49. The first-order valence-electron chi connectivity index (χ1n) is 6.89. The van der Waals surface area contributed by atoms with Gasteiger partial charge in [-0.15, -0.1) is 10.2 Å². The standard InChI is InChI=1S/C14H18N4O2/c1-3-18-16-14(15-17-18)9-20-13-8-11-6-4-5-10(11)7-12(13)19-2/h7-8H,3-6,9H2,1-2H3. The Bertz CT molecular complexity index is 609. The van der Waals surface area contributed by atoms with Crippen LogP contribution in [0.1, 0.15) is 30.3 Å². The fraction of sp³-hybridized carbons (Fsp3) is 0.500. The van der Waals surface area contributed by atoms with Crippen molar-refractivity contribution in [2.45, 2.75) is 39.3 Å². The minimum absolute atomic E-state index is 0.301. The van der Waals surface area contributed by atoms with Crippen LogP contribution < -0.4 is 9.47 Å². The van der Waals surface area contributed by atoms with Crippen LogP contribution in [0.25, 0.3) is 0 Å². The smallest absolute Gasteiger partial charge is 0.212 e. The molecule has 1 aliphatic rings. The average Bonchev–Trinajstić information content (AvgIpc) is 3.12. The third kappa shape index (κ3) is 2.45. The van der Waals surface area contributed by atoms with Gasteiger partial charge >= 0.3 is 0 Å². The quantitative estimate of drug-likeness (QED) is 0.831. The van der Waals surface area contributed by atoms with E-state index in [0.717, 1.165) is 24.3 Å². The molecule has 2 aromatic rings. The molecule has 6 heteroatoms. The SMILES string of the molecule is CCn1nnc(COc2cc3c(cc2OC)CCC3)n1. The molecule has 0 atom stereocenters. The molecule has 0 aliphatic heterocycles. The molecule has 0 saturated carbocycles. The molecule has 0 fully saturated rings. The van der Waals surface area contributed by atoms with Gasteiger partial charge in [-0.25, -0.2) is 0 Å². The molecule has 1 aromatic heterocycles. The highest BCUT2D eigenvalue weighted by atomic mass is 16.5. The van der Waals surface area contributed by atoms with Crippen LogP contribution in [0.15, 0.2) is 12.1 Å². The van der Waals surface area contributed by atoms with E-state index in [1.807, 2.05) is 6.92 Å². The van der Waals surface area contributed by atoms with Crippen molar-refractivity contribution >= 4 is 0 Å². The van der Waals surface area contributed by atoms with Gasteiger partial charge in [0.1, 0.15) is 0 Å². The summed E-state index contributed by atoms with van der Waals surface area (Å²) in [6.07, 6.45) is 3.44. The van der Waals surface area contributed by atoms with Crippen molar-refractivity contribution in [3.63, 3.8) is 0 Å². The van der Waals surface area contributed by atoms with Crippen LogP contribution >= 0.6 is 0 Å². The fourth-order valence-corrected chi connectivity index (χ4v) is 2.46. The van der Waals surface area contributed by atoms with E-state index in [1.54, 1.807) is 11.9 Å². The maximum absolute atomic E-state index is 5.79. The summed E-state index contributed by atoms with van der Waals surface area (Å²) in [5.74, 6) is 2.10. The van der Waals surface area contributed by atoms with Crippen molar-refractivity contribution in [1.82, 2.24) is 20.2 Å². The van der Waals surface area contributed by atoms with Gasteiger partial charge in [-0.3, -0.25) is 0 Å². The Labute approximate surface area is 117 Å². The summed E-state index contributed by atoms with van der Waals surface area (Å²) in [4.78, 5) is 1.54. The summed E-state index contributed by atoms with van der Waals surface area (Å²) in [5.41, 5.74) is 2.72. The normalized spacial score (nSPS) is 13.3. The first kappa shape index (κ1) is 12.9. The van der Waals surface area contributed by atoms with Crippen molar-refractivity contribution in [2.75, 3.05) is 7.11 Å². The number of hydrogen-bond acceptors (Lipinski definition) is 5. The molecule has 3 rings (SSSR count). The maximum atomic E-state index is 5.79. The van der Waals surface area contributed by atoms with Crippen molar-refractivity contribution < 1.29 is 9.47 Å². The Balaban J connectivity index is 1.76. The third-order valence-corrected chi connectivity index (χ3v) is 3.51. The van der Waals surface area contributed by atoms with Gasteiger partial charge in [0.05, 0.1) is 13.7 Å². The molecule has 1 heterocycles. The van der Waals surface area contributed by atoms with E-state index in [-0.39, 0.29) is 0 Å². The number of fused-ring (bicyclic) bond motifs is 1. The molecule has 0 amide bonds. The van der Waals surface area contributed by atoms with Crippen LogP contribution in [-0.2, 0) is 26.0 Å². The maximum Gasteiger partial charge on any atom is 0.212 e. The van der Waals surface area contributed by atoms with E-state index in [0.29, 0.717) is 19.0 Å². The van der Waals surface area contributed by atoms with Crippen LogP contribution in [0.3, 0.4) is 0 Å². The van der Waals surface area contributed by atoms with E-state index in [9.17, 15) is 0 Å². The Morgan fingerprint density at radius 3 is 2.60 bits per heavy atom. The monoisotopic (exact) mass is 274 g/mol. The van der Waals surface area contributed by atoms with E-state index in [4.69, 9.17) is 9.47 Å². The molecule has 0 unspecified atom stereocenters. The lowest BCUT2D eigenvalue weighted by molar-refractivity contribution is 0.275. The number of methoxy groups -OCH3 is 1. The van der Waals surface area contributed by atoms with E-state index >= 15 is 0 Å². The van der Waals surface area contributed by atoms with Crippen molar-refractivity contribution in [2.24, 2.45) is 0 Å². The molecule has 1 aromatic carbocycles. The van der Waals surface area contributed by atoms with E-state index in [1.165, 1.54) is 17.5 Å². The number of rotatable bonds is 5. The molecule has 0 saturated heterocycles. The molecule has 1 aliphatic carbocycles. The zero-order valence-corrected chi connectivity index (χ0v) is 11.8. The number of benzene rings is 1. The molecule has 106 valence electrons.